The van der Waals surface area contributed by atoms with Crippen LogP contribution in [0.25, 0.3) is 0 Å². The van der Waals surface area contributed by atoms with Gasteiger partial charge in [-0.15, -0.1) is 0 Å². The molecule has 0 saturated heterocycles. The second-order valence-corrected chi connectivity index (χ2v) is 4.67. The zero-order valence-electron chi connectivity index (χ0n) is 13.5. The number of aliphatic hydroxyl groups is 2. The molecular weight excluding hydrogens is 287 g/mol. The van der Waals surface area contributed by atoms with Crippen LogP contribution in [0.1, 0.15) is 41.5 Å². The largest absolute Gasteiger partial charge is 0.392 e. The maximum absolute atomic E-state index is 8.94. The molecule has 0 aliphatic rings. The summed E-state index contributed by atoms with van der Waals surface area (Å²) >= 11 is 0. The van der Waals surface area contributed by atoms with Crippen LogP contribution < -0.4 is 0 Å². The fourth-order valence-electron chi connectivity index (χ4n) is 1.71. The van der Waals surface area contributed by atoms with Gasteiger partial charge >= 0.3 is 0 Å². The van der Waals surface area contributed by atoms with E-state index in [9.17, 15) is 0 Å². The summed E-state index contributed by atoms with van der Waals surface area (Å²) in [6.45, 7) is 17.8. The molecule has 0 radical (unpaired) electrons. The van der Waals surface area contributed by atoms with Gasteiger partial charge in [0.25, 0.3) is 0 Å². The van der Waals surface area contributed by atoms with Crippen LogP contribution in [0.3, 0.4) is 0 Å². The molecule has 0 fully saturated rings. The molecule has 0 heterocycles. The Balaban J connectivity index is -0.000000256. The molecule has 0 bridgehead atoms. The van der Waals surface area contributed by atoms with Crippen LogP contribution >= 0.6 is 0 Å². The molecule has 0 spiro atoms. The van der Waals surface area contributed by atoms with E-state index in [0.717, 1.165) is 39.3 Å². The molecule has 0 aliphatic carbocycles. The molecule has 0 aromatic heterocycles. The number of rotatable bonds is 8. The van der Waals surface area contributed by atoms with Crippen molar-refractivity contribution in [1.82, 2.24) is 9.80 Å². The second kappa shape index (κ2) is 16.4. The predicted molar refractivity (Wildman–Crippen MR) is 78.9 cm³/mol. The molecule has 2 atom stereocenters. The third-order valence-electron chi connectivity index (χ3n) is 2.83. The van der Waals surface area contributed by atoms with Gasteiger partial charge in [-0.05, 0) is 40.0 Å². The maximum Gasteiger partial charge on any atom is 0.0639 e. The van der Waals surface area contributed by atoms with Crippen LogP contribution in [0.15, 0.2) is 0 Å². The Morgan fingerprint density at radius 1 is 0.684 bits per heavy atom. The summed E-state index contributed by atoms with van der Waals surface area (Å²) in [5.41, 5.74) is 0. The van der Waals surface area contributed by atoms with Crippen molar-refractivity contribution in [2.24, 2.45) is 0 Å². The van der Waals surface area contributed by atoms with Crippen molar-refractivity contribution in [2.45, 2.75) is 53.8 Å². The van der Waals surface area contributed by atoms with Crippen molar-refractivity contribution in [2.75, 3.05) is 39.3 Å². The summed E-state index contributed by atoms with van der Waals surface area (Å²) in [5, 5.41) is 17.9. The zero-order chi connectivity index (χ0) is 14.6. The Bertz CT molecular complexity index is 144. The van der Waals surface area contributed by atoms with E-state index in [1.54, 1.807) is 0 Å². The van der Waals surface area contributed by atoms with Crippen molar-refractivity contribution in [1.29, 1.82) is 0 Å². The van der Waals surface area contributed by atoms with Gasteiger partial charge in [-0.2, -0.15) is 0 Å². The van der Waals surface area contributed by atoms with Crippen molar-refractivity contribution < 1.29 is 26.7 Å². The van der Waals surface area contributed by atoms with Crippen molar-refractivity contribution >= 4 is 0 Å². The van der Waals surface area contributed by atoms with Gasteiger partial charge in [-0.1, -0.05) is 27.7 Å². The minimum absolute atomic E-state index is 0. The molecule has 2 unspecified atom stereocenters. The Morgan fingerprint density at radius 2 is 0.895 bits per heavy atom. The molecule has 122 valence electrons. The Kier molecular flexibility index (Phi) is 21.0. The van der Waals surface area contributed by atoms with Gasteiger partial charge in [0, 0.05) is 29.6 Å². The molecular formula is C14H34N2NiO2. The SMILES string of the molecule is CCN(CC)CC(C)O.CCN(CC)CC(C)O.[Ni]. The van der Waals surface area contributed by atoms with Crippen LogP contribution in [-0.4, -0.2) is 71.5 Å². The van der Waals surface area contributed by atoms with Gasteiger partial charge in [0.1, 0.15) is 0 Å². The average molecular weight is 321 g/mol. The molecule has 0 rings (SSSR count). The molecule has 0 saturated carbocycles. The summed E-state index contributed by atoms with van der Waals surface area (Å²) in [5.74, 6) is 0. The quantitative estimate of drug-likeness (QED) is 0.664. The van der Waals surface area contributed by atoms with Crippen molar-refractivity contribution in [3.63, 3.8) is 0 Å². The van der Waals surface area contributed by atoms with Gasteiger partial charge in [0.05, 0.1) is 12.2 Å². The molecule has 0 aliphatic heterocycles. The average Bonchev–Trinajstić information content (AvgIpc) is 2.33. The topological polar surface area (TPSA) is 46.9 Å². The third-order valence-corrected chi connectivity index (χ3v) is 2.83. The fraction of sp³-hybridized carbons (Fsp3) is 1.00. The molecule has 0 aromatic rings. The normalized spacial score (nSPS) is 13.6. The van der Waals surface area contributed by atoms with Crippen LogP contribution in [0.2, 0.25) is 0 Å². The van der Waals surface area contributed by atoms with Crippen LogP contribution in [-0.2, 0) is 16.5 Å². The Morgan fingerprint density at radius 3 is 0.947 bits per heavy atom. The molecule has 0 aromatic carbocycles. The minimum atomic E-state index is -0.190. The van der Waals surface area contributed by atoms with E-state index >= 15 is 0 Å². The smallest absolute Gasteiger partial charge is 0.0639 e. The molecule has 19 heavy (non-hydrogen) atoms. The second-order valence-electron chi connectivity index (χ2n) is 4.67. The first-order valence-electron chi connectivity index (χ1n) is 7.21. The van der Waals surface area contributed by atoms with Crippen molar-refractivity contribution in [3.8, 4) is 0 Å². The van der Waals surface area contributed by atoms with Crippen molar-refractivity contribution in [3.05, 3.63) is 0 Å². The minimum Gasteiger partial charge on any atom is -0.392 e. The van der Waals surface area contributed by atoms with E-state index in [0.29, 0.717) is 0 Å². The summed E-state index contributed by atoms with van der Waals surface area (Å²) in [7, 11) is 0. The summed E-state index contributed by atoms with van der Waals surface area (Å²) in [6, 6.07) is 0. The van der Waals surface area contributed by atoms with Crippen LogP contribution in [0.4, 0.5) is 0 Å². The number of likely N-dealkylation sites (N-methyl/N-ethyl adjacent to an activating group) is 2. The standard InChI is InChI=1S/2C7H17NO.Ni/c2*1-4-8(5-2)6-7(3)9;/h2*7,9H,4-6H2,1-3H3;. The molecule has 5 heteroatoms. The number of aliphatic hydroxyl groups excluding tert-OH is 2. The molecule has 4 nitrogen and oxygen atoms in total. The van der Waals surface area contributed by atoms with Crippen LogP contribution in [0, 0.1) is 0 Å². The van der Waals surface area contributed by atoms with Gasteiger partial charge in [0.15, 0.2) is 0 Å². The van der Waals surface area contributed by atoms with E-state index in [2.05, 4.69) is 37.5 Å². The van der Waals surface area contributed by atoms with Gasteiger partial charge < -0.3 is 20.0 Å². The van der Waals surface area contributed by atoms with E-state index in [4.69, 9.17) is 10.2 Å². The number of hydrogen-bond donors (Lipinski definition) is 2. The van der Waals surface area contributed by atoms with E-state index in [-0.39, 0.29) is 28.7 Å². The summed E-state index contributed by atoms with van der Waals surface area (Å²) in [4.78, 5) is 4.40. The zero-order valence-corrected chi connectivity index (χ0v) is 14.5. The van der Waals surface area contributed by atoms with Gasteiger partial charge in [0.2, 0.25) is 0 Å². The van der Waals surface area contributed by atoms with Gasteiger partial charge in [-0.25, -0.2) is 0 Å². The third kappa shape index (κ3) is 18.3. The number of nitrogens with zero attached hydrogens (tertiary/aromatic N) is 2. The monoisotopic (exact) mass is 320 g/mol. The predicted octanol–water partition coefficient (Wildman–Crippen LogP) is 1.42. The first-order chi connectivity index (χ1) is 8.40. The summed E-state index contributed by atoms with van der Waals surface area (Å²) in [6.07, 6.45) is -0.380. The first kappa shape index (κ1) is 24.4. The van der Waals surface area contributed by atoms with Crippen LogP contribution in [0.5, 0.6) is 0 Å². The van der Waals surface area contributed by atoms with Gasteiger partial charge in [-0.3, -0.25) is 0 Å². The maximum atomic E-state index is 8.94. The van der Waals surface area contributed by atoms with E-state index in [1.807, 2.05) is 13.8 Å². The number of hydrogen-bond acceptors (Lipinski definition) is 4. The molecule has 0 amide bonds. The van der Waals surface area contributed by atoms with E-state index < -0.39 is 0 Å². The summed E-state index contributed by atoms with van der Waals surface area (Å²) < 4.78 is 0. The Hall–Kier alpha value is 0.334. The molecule has 2 N–H and O–H groups in total. The Labute approximate surface area is 130 Å². The van der Waals surface area contributed by atoms with E-state index in [1.165, 1.54) is 0 Å². The fourth-order valence-corrected chi connectivity index (χ4v) is 1.71. The first-order valence-corrected chi connectivity index (χ1v) is 7.21.